The van der Waals surface area contributed by atoms with Gasteiger partial charge in [0.25, 0.3) is 0 Å². The van der Waals surface area contributed by atoms with E-state index in [4.69, 9.17) is 4.74 Å². The lowest BCUT2D eigenvalue weighted by atomic mass is 9.38. The van der Waals surface area contributed by atoms with E-state index < -0.39 is 6.18 Å². The first-order valence-corrected chi connectivity index (χ1v) is 9.48. The summed E-state index contributed by atoms with van der Waals surface area (Å²) in [6, 6.07) is 11.6. The van der Waals surface area contributed by atoms with Gasteiger partial charge in [-0.15, -0.1) is 0 Å². The topological polar surface area (TPSA) is 27.1 Å². The fraction of sp³-hybridized carbons (Fsp3) is 0.227. The monoisotopic (exact) mass is 436 g/mol. The van der Waals surface area contributed by atoms with Gasteiger partial charge in [0.15, 0.2) is 0 Å². The molecule has 0 spiro atoms. The average Bonchev–Trinajstić information content (AvgIpc) is 3.23. The number of rotatable bonds is 7. The van der Waals surface area contributed by atoms with Crippen molar-refractivity contribution in [3.8, 4) is 0 Å². The summed E-state index contributed by atoms with van der Waals surface area (Å²) < 4.78 is 69.2. The van der Waals surface area contributed by atoms with Crippen molar-refractivity contribution >= 4 is 17.6 Å². The minimum absolute atomic E-state index is 0.207. The Balaban J connectivity index is 0.000000357. The van der Waals surface area contributed by atoms with E-state index >= 15 is 0 Å². The molecule has 0 N–H and O–H groups in total. The zero-order chi connectivity index (χ0) is 22.7. The summed E-state index contributed by atoms with van der Waals surface area (Å²) in [6.07, 6.45) is 2.84. The van der Waals surface area contributed by atoms with Crippen LogP contribution >= 0.6 is 0 Å². The Morgan fingerprint density at radius 2 is 1.52 bits per heavy atom. The molecule has 0 fully saturated rings. The maximum absolute atomic E-state index is 13.1. The van der Waals surface area contributed by atoms with E-state index in [9.17, 15) is 22.0 Å². The second-order valence-corrected chi connectivity index (χ2v) is 6.67. The molecule has 3 rings (SSSR count). The number of halogens is 5. The summed E-state index contributed by atoms with van der Waals surface area (Å²) in [6.45, 7) is 0.356. The van der Waals surface area contributed by atoms with Gasteiger partial charge >= 0.3 is 6.18 Å². The van der Waals surface area contributed by atoms with Gasteiger partial charge in [-0.25, -0.2) is 13.8 Å². The van der Waals surface area contributed by atoms with Crippen LogP contribution in [-0.4, -0.2) is 29.5 Å². The molecule has 3 nitrogen and oxygen atoms in total. The number of allylic oxidation sites excluding steroid dienone is 2. The number of aromatic nitrogens is 2. The van der Waals surface area contributed by atoms with Gasteiger partial charge in [-0.2, -0.15) is 13.2 Å². The molecule has 0 bridgehead atoms. The summed E-state index contributed by atoms with van der Waals surface area (Å²) in [5.41, 5.74) is 1.55. The molecule has 0 amide bonds. The molecule has 164 valence electrons. The van der Waals surface area contributed by atoms with E-state index in [1.165, 1.54) is 24.3 Å². The van der Waals surface area contributed by atoms with Crippen molar-refractivity contribution in [1.82, 2.24) is 9.55 Å². The normalized spacial score (nSPS) is 11.3. The lowest BCUT2D eigenvalue weighted by Gasteiger charge is -2.14. The number of nitrogens with zero attached hydrogens (tertiary/aromatic N) is 2. The van der Waals surface area contributed by atoms with Gasteiger partial charge in [0.1, 0.15) is 18.4 Å². The predicted octanol–water partition coefficient (Wildman–Crippen LogP) is 4.57. The second-order valence-electron chi connectivity index (χ2n) is 6.67. The number of benzene rings is 2. The number of hydrogen-bond acceptors (Lipinski definition) is 2. The largest absolute Gasteiger partial charge is 0.409 e. The van der Waals surface area contributed by atoms with E-state index in [2.05, 4.69) is 4.98 Å². The van der Waals surface area contributed by atoms with Gasteiger partial charge in [-0.1, -0.05) is 47.6 Å². The Kier molecular flexibility index (Phi) is 9.46. The Labute approximate surface area is 178 Å². The Morgan fingerprint density at radius 3 is 1.94 bits per heavy atom. The standard InChI is InChI=1S/C17H14BF5.C5H8N2O/c19-15-7-3-13(4-8-15)18(12-2-1-11-17(21,22)23)14-5-9-16(20)10-6-14;1-8-5-7-3-2-6-4-7/h1,3-11H,2,12H2;2-4H,5H2,1H3. The lowest BCUT2D eigenvalue weighted by Crippen LogP contribution is -2.41. The van der Waals surface area contributed by atoms with Crippen molar-refractivity contribution in [2.75, 3.05) is 7.11 Å². The van der Waals surface area contributed by atoms with Crippen molar-refractivity contribution < 1.29 is 26.7 Å². The molecule has 0 unspecified atom stereocenters. The summed E-state index contributed by atoms with van der Waals surface area (Å²) in [5.74, 6) is -0.771. The minimum atomic E-state index is -4.33. The van der Waals surface area contributed by atoms with E-state index in [0.717, 1.165) is 17.0 Å². The highest BCUT2D eigenvalue weighted by Crippen LogP contribution is 2.17. The maximum Gasteiger partial charge on any atom is 0.409 e. The Morgan fingerprint density at radius 1 is 0.968 bits per heavy atom. The lowest BCUT2D eigenvalue weighted by molar-refractivity contribution is -0.0800. The van der Waals surface area contributed by atoms with Crippen LogP contribution in [0.25, 0.3) is 0 Å². The quantitative estimate of drug-likeness (QED) is 0.308. The number of imidazole rings is 1. The first kappa shape index (κ1) is 24.3. The van der Waals surface area contributed by atoms with Crippen LogP contribution in [0.15, 0.2) is 79.4 Å². The average molecular weight is 436 g/mol. The molecular weight excluding hydrogens is 414 g/mol. The zero-order valence-corrected chi connectivity index (χ0v) is 16.9. The molecule has 0 saturated carbocycles. The Bertz CT molecular complexity index is 865. The molecule has 0 aliphatic heterocycles. The van der Waals surface area contributed by atoms with E-state index in [0.29, 0.717) is 13.1 Å². The number of alkyl halides is 3. The molecule has 0 saturated heterocycles. The van der Waals surface area contributed by atoms with E-state index in [1.807, 2.05) is 10.8 Å². The predicted molar refractivity (Wildman–Crippen MR) is 112 cm³/mol. The first-order chi connectivity index (χ1) is 14.8. The highest BCUT2D eigenvalue weighted by atomic mass is 19.4. The van der Waals surface area contributed by atoms with Crippen molar-refractivity contribution in [1.29, 1.82) is 0 Å². The highest BCUT2D eigenvalue weighted by Gasteiger charge is 2.22. The minimum Gasteiger partial charge on any atom is -0.364 e. The van der Waals surface area contributed by atoms with Crippen LogP contribution in [-0.2, 0) is 11.5 Å². The summed E-state index contributed by atoms with van der Waals surface area (Å²) in [7, 11) is 1.65. The number of methoxy groups -OCH3 is 1. The summed E-state index contributed by atoms with van der Waals surface area (Å²) in [5, 5.41) is 0. The van der Waals surface area contributed by atoms with Crippen molar-refractivity contribution in [2.24, 2.45) is 0 Å². The fourth-order valence-corrected chi connectivity index (χ4v) is 2.91. The van der Waals surface area contributed by atoms with Gasteiger partial charge in [-0.3, -0.25) is 0 Å². The third-order valence-electron chi connectivity index (χ3n) is 4.31. The molecule has 0 atom stereocenters. The fourth-order valence-electron chi connectivity index (χ4n) is 2.91. The van der Waals surface area contributed by atoms with Crippen molar-refractivity contribution in [3.63, 3.8) is 0 Å². The van der Waals surface area contributed by atoms with Crippen molar-refractivity contribution in [3.05, 3.63) is 91.0 Å². The number of ether oxygens (including phenoxy) is 1. The molecule has 3 aromatic rings. The third kappa shape index (κ3) is 9.17. The summed E-state index contributed by atoms with van der Waals surface area (Å²) in [4.78, 5) is 3.82. The molecule has 31 heavy (non-hydrogen) atoms. The summed E-state index contributed by atoms with van der Waals surface area (Å²) >= 11 is 0. The van der Waals surface area contributed by atoms with Crippen LogP contribution < -0.4 is 10.9 Å². The Hall–Kier alpha value is -2.94. The van der Waals surface area contributed by atoms with Gasteiger partial charge < -0.3 is 9.30 Å². The van der Waals surface area contributed by atoms with Gasteiger partial charge in [0.2, 0.25) is 6.71 Å². The van der Waals surface area contributed by atoms with Crippen LogP contribution in [0.5, 0.6) is 0 Å². The highest BCUT2D eigenvalue weighted by molar-refractivity contribution is 6.85. The molecule has 0 radical (unpaired) electrons. The van der Waals surface area contributed by atoms with Crippen LogP contribution in [0.3, 0.4) is 0 Å². The third-order valence-corrected chi connectivity index (χ3v) is 4.31. The van der Waals surface area contributed by atoms with E-state index in [-0.39, 0.29) is 30.8 Å². The second kappa shape index (κ2) is 12.0. The number of hydrogen-bond donors (Lipinski definition) is 0. The SMILES string of the molecule is COCn1ccnc1.Fc1ccc(B(CCC=CC(F)(F)F)c2ccc(F)cc2)cc1. The van der Waals surface area contributed by atoms with Crippen molar-refractivity contribution in [2.45, 2.75) is 25.6 Å². The van der Waals surface area contributed by atoms with Gasteiger partial charge in [0, 0.05) is 25.6 Å². The molecule has 0 aliphatic carbocycles. The van der Waals surface area contributed by atoms with E-state index in [1.54, 1.807) is 43.9 Å². The van der Waals surface area contributed by atoms with Gasteiger partial charge in [0.05, 0.1) is 6.33 Å². The molecule has 1 aromatic heterocycles. The first-order valence-electron chi connectivity index (χ1n) is 9.48. The molecule has 9 heteroatoms. The zero-order valence-electron chi connectivity index (χ0n) is 16.9. The van der Waals surface area contributed by atoms with Crippen LogP contribution in [0.2, 0.25) is 6.32 Å². The maximum atomic E-state index is 13.1. The molecular formula is C22H22BF5N2O. The molecule has 1 heterocycles. The van der Waals surface area contributed by atoms with Crippen LogP contribution in [0, 0.1) is 11.6 Å². The van der Waals surface area contributed by atoms with Crippen LogP contribution in [0.4, 0.5) is 22.0 Å². The molecule has 2 aromatic carbocycles. The molecule has 0 aliphatic rings. The van der Waals surface area contributed by atoms with Gasteiger partial charge in [-0.05, 0) is 30.7 Å². The smallest absolute Gasteiger partial charge is 0.364 e. The van der Waals surface area contributed by atoms with Crippen LogP contribution in [0.1, 0.15) is 6.42 Å².